The lowest BCUT2D eigenvalue weighted by Gasteiger charge is -2.38. The number of hydrogen-bond acceptors (Lipinski definition) is 5. The number of nitrogens with one attached hydrogen (secondary N) is 1. The summed E-state index contributed by atoms with van der Waals surface area (Å²) in [6, 6.07) is 19.2. The molecule has 0 bridgehead atoms. The average molecular weight is 479 g/mol. The molecule has 4 rings (SSSR count). The van der Waals surface area contributed by atoms with Crippen LogP contribution in [-0.2, 0) is 20.9 Å². The summed E-state index contributed by atoms with van der Waals surface area (Å²) in [6.45, 7) is 4.70. The third kappa shape index (κ3) is 7.29. The van der Waals surface area contributed by atoms with Gasteiger partial charge in [-0.15, -0.1) is 0 Å². The van der Waals surface area contributed by atoms with Crippen LogP contribution in [0.2, 0.25) is 0 Å². The third-order valence-electron chi connectivity index (χ3n) is 6.69. The molecule has 0 aliphatic carbocycles. The fourth-order valence-electron chi connectivity index (χ4n) is 4.57. The van der Waals surface area contributed by atoms with E-state index >= 15 is 0 Å². The van der Waals surface area contributed by atoms with E-state index in [2.05, 4.69) is 10.2 Å². The first kappa shape index (κ1) is 24.7. The minimum atomic E-state index is -0.0465. The van der Waals surface area contributed by atoms with Gasteiger partial charge in [-0.3, -0.25) is 19.3 Å². The first-order valence-corrected chi connectivity index (χ1v) is 12.4. The molecular weight excluding hydrogens is 444 g/mol. The normalized spacial score (nSPS) is 17.1. The summed E-state index contributed by atoms with van der Waals surface area (Å²) < 4.78 is 5.57. The lowest BCUT2D eigenvalue weighted by molar-refractivity contribution is -0.142. The third-order valence-corrected chi connectivity index (χ3v) is 6.69. The Balaban J connectivity index is 1.13. The molecule has 2 fully saturated rings. The molecule has 0 radical (unpaired) electrons. The van der Waals surface area contributed by atoms with Crippen molar-refractivity contribution in [3.8, 4) is 5.75 Å². The maximum atomic E-state index is 13.0. The quantitative estimate of drug-likeness (QED) is 0.625. The van der Waals surface area contributed by atoms with Crippen molar-refractivity contribution in [3.63, 3.8) is 0 Å². The highest BCUT2D eigenvalue weighted by Crippen LogP contribution is 2.21. The van der Waals surface area contributed by atoms with Gasteiger partial charge in [0.2, 0.25) is 11.8 Å². The molecule has 0 aromatic heterocycles. The van der Waals surface area contributed by atoms with Crippen molar-refractivity contribution in [2.24, 2.45) is 5.92 Å². The number of nitrogens with zero attached hydrogens (tertiary/aromatic N) is 3. The topological polar surface area (TPSA) is 82.2 Å². The number of hydrogen-bond donors (Lipinski definition) is 1. The van der Waals surface area contributed by atoms with Crippen LogP contribution in [0.5, 0.6) is 5.75 Å². The Morgan fingerprint density at radius 2 is 1.43 bits per heavy atom. The zero-order valence-corrected chi connectivity index (χ0v) is 20.1. The Morgan fingerprint density at radius 1 is 0.800 bits per heavy atom. The van der Waals surface area contributed by atoms with Crippen LogP contribution in [0.4, 0.5) is 0 Å². The van der Waals surface area contributed by atoms with E-state index in [4.69, 9.17) is 4.74 Å². The van der Waals surface area contributed by atoms with Crippen molar-refractivity contribution >= 4 is 17.7 Å². The van der Waals surface area contributed by atoms with E-state index in [0.29, 0.717) is 70.9 Å². The number of ether oxygens (including phenoxy) is 1. The second kappa shape index (κ2) is 12.4. The van der Waals surface area contributed by atoms with E-state index in [1.165, 1.54) is 0 Å². The van der Waals surface area contributed by atoms with Crippen molar-refractivity contribution in [3.05, 3.63) is 66.2 Å². The van der Waals surface area contributed by atoms with Crippen molar-refractivity contribution in [1.82, 2.24) is 20.0 Å². The van der Waals surface area contributed by atoms with Crippen molar-refractivity contribution in [2.45, 2.75) is 19.4 Å². The molecule has 35 heavy (non-hydrogen) atoms. The molecule has 0 saturated carbocycles. The smallest absolute Gasteiger partial charge is 0.260 e. The minimum absolute atomic E-state index is 0.00177. The Morgan fingerprint density at radius 3 is 2.09 bits per heavy atom. The molecule has 3 amide bonds. The van der Waals surface area contributed by atoms with Gasteiger partial charge in [-0.05, 0) is 30.5 Å². The number of piperazine rings is 1. The number of rotatable bonds is 8. The molecule has 8 heteroatoms. The molecule has 8 nitrogen and oxygen atoms in total. The Bertz CT molecular complexity index is 969. The van der Waals surface area contributed by atoms with Crippen LogP contribution in [0.1, 0.15) is 18.4 Å². The maximum Gasteiger partial charge on any atom is 0.260 e. The molecule has 2 saturated heterocycles. The second-order valence-corrected chi connectivity index (χ2v) is 9.12. The number of likely N-dealkylation sites (tertiary alicyclic amines) is 1. The van der Waals surface area contributed by atoms with Crippen molar-refractivity contribution < 1.29 is 19.1 Å². The van der Waals surface area contributed by atoms with Crippen LogP contribution < -0.4 is 10.1 Å². The summed E-state index contributed by atoms with van der Waals surface area (Å²) >= 11 is 0. The van der Waals surface area contributed by atoms with Gasteiger partial charge in [0.15, 0.2) is 6.61 Å². The van der Waals surface area contributed by atoms with Crippen LogP contribution in [0.15, 0.2) is 60.7 Å². The van der Waals surface area contributed by atoms with Gasteiger partial charge >= 0.3 is 0 Å². The Hall–Kier alpha value is -3.39. The summed E-state index contributed by atoms with van der Waals surface area (Å²) in [5, 5.41) is 2.96. The zero-order valence-electron chi connectivity index (χ0n) is 20.1. The number of piperidine rings is 1. The van der Waals surface area contributed by atoms with Gasteiger partial charge in [0, 0.05) is 51.7 Å². The predicted molar refractivity (Wildman–Crippen MR) is 133 cm³/mol. The fraction of sp³-hybridized carbons (Fsp3) is 0.444. The minimum Gasteiger partial charge on any atom is -0.484 e. The van der Waals surface area contributed by atoms with E-state index in [9.17, 15) is 14.4 Å². The zero-order chi connectivity index (χ0) is 24.5. The van der Waals surface area contributed by atoms with Gasteiger partial charge in [0.05, 0.1) is 6.54 Å². The van der Waals surface area contributed by atoms with Gasteiger partial charge in [-0.1, -0.05) is 48.5 Å². The summed E-state index contributed by atoms with van der Waals surface area (Å²) in [7, 11) is 0. The average Bonchev–Trinajstić information content (AvgIpc) is 2.92. The van der Waals surface area contributed by atoms with Gasteiger partial charge in [-0.2, -0.15) is 0 Å². The maximum absolute atomic E-state index is 13.0. The number of amides is 3. The van der Waals surface area contributed by atoms with Crippen LogP contribution in [0, 0.1) is 5.92 Å². The lowest BCUT2D eigenvalue weighted by atomic mass is 9.95. The number of carbonyl (C=O) groups excluding carboxylic acids is 3. The van der Waals surface area contributed by atoms with Crippen molar-refractivity contribution in [1.29, 1.82) is 0 Å². The van der Waals surface area contributed by atoms with Crippen LogP contribution in [0.25, 0.3) is 0 Å². The molecule has 2 aromatic carbocycles. The van der Waals surface area contributed by atoms with Crippen LogP contribution >= 0.6 is 0 Å². The highest BCUT2D eigenvalue weighted by atomic mass is 16.5. The van der Waals surface area contributed by atoms with E-state index in [0.717, 1.165) is 5.56 Å². The summed E-state index contributed by atoms with van der Waals surface area (Å²) in [6.07, 6.45) is 1.36. The SMILES string of the molecule is O=C(CN1CCN(C(=O)C2CCN(C(=O)COc3ccccc3)CC2)CC1)NCc1ccccc1. The molecule has 2 aliphatic rings. The standard InChI is InChI=1S/C27H34N4O4/c32-25(28-19-22-7-3-1-4-8-22)20-29-15-17-31(18-16-29)27(34)23-11-13-30(14-12-23)26(33)21-35-24-9-5-2-6-10-24/h1-10,23H,11-21H2,(H,28,32). The molecule has 186 valence electrons. The first-order chi connectivity index (χ1) is 17.1. The summed E-state index contributed by atoms with van der Waals surface area (Å²) in [5.41, 5.74) is 1.08. The Labute approximate surface area is 206 Å². The summed E-state index contributed by atoms with van der Waals surface area (Å²) in [5.74, 6) is 0.764. The van der Waals surface area contributed by atoms with Gasteiger partial charge in [0.25, 0.3) is 5.91 Å². The van der Waals surface area contributed by atoms with Crippen molar-refractivity contribution in [2.75, 3.05) is 52.4 Å². The van der Waals surface area contributed by atoms with E-state index < -0.39 is 0 Å². The number of benzene rings is 2. The molecule has 0 spiro atoms. The van der Waals surface area contributed by atoms with Crippen LogP contribution in [-0.4, -0.2) is 84.8 Å². The molecule has 1 N–H and O–H groups in total. The molecule has 0 unspecified atom stereocenters. The lowest BCUT2D eigenvalue weighted by Crippen LogP contribution is -2.53. The highest BCUT2D eigenvalue weighted by Gasteiger charge is 2.32. The molecular formula is C27H34N4O4. The van der Waals surface area contributed by atoms with Gasteiger partial charge < -0.3 is 19.9 Å². The van der Waals surface area contributed by atoms with Gasteiger partial charge in [0.1, 0.15) is 5.75 Å². The molecule has 2 aromatic rings. The van der Waals surface area contributed by atoms with E-state index in [1.807, 2.05) is 65.6 Å². The Kier molecular flexibility index (Phi) is 8.73. The molecule has 0 atom stereocenters. The van der Waals surface area contributed by atoms with Gasteiger partial charge in [-0.25, -0.2) is 0 Å². The molecule has 2 heterocycles. The predicted octanol–water partition coefficient (Wildman–Crippen LogP) is 1.76. The first-order valence-electron chi connectivity index (χ1n) is 12.4. The number of para-hydroxylation sites is 1. The number of carbonyl (C=O) groups is 3. The fourth-order valence-corrected chi connectivity index (χ4v) is 4.57. The largest absolute Gasteiger partial charge is 0.484 e. The van der Waals surface area contributed by atoms with Crippen LogP contribution in [0.3, 0.4) is 0 Å². The second-order valence-electron chi connectivity index (χ2n) is 9.12. The highest BCUT2D eigenvalue weighted by molar-refractivity contribution is 5.81. The summed E-state index contributed by atoms with van der Waals surface area (Å²) in [4.78, 5) is 43.6. The van der Waals surface area contributed by atoms with E-state index in [1.54, 1.807) is 4.90 Å². The monoisotopic (exact) mass is 478 g/mol. The van der Waals surface area contributed by atoms with E-state index in [-0.39, 0.29) is 30.2 Å². The molecule has 2 aliphatic heterocycles.